The van der Waals surface area contributed by atoms with E-state index >= 15 is 0 Å². The normalized spacial score (nSPS) is 14.8. The molecule has 0 aliphatic carbocycles. The predicted octanol–water partition coefficient (Wildman–Crippen LogP) is 1.19. The van der Waals surface area contributed by atoms with Gasteiger partial charge in [-0.2, -0.15) is 11.3 Å². The fourth-order valence-corrected chi connectivity index (χ4v) is 4.18. The maximum Gasteiger partial charge on any atom is 0.309 e. The van der Waals surface area contributed by atoms with Crippen molar-refractivity contribution >= 4 is 40.6 Å². The molecule has 0 spiro atoms. The number of aryl methyl sites for hydroxylation is 1. The molecule has 2 aromatic heterocycles. The van der Waals surface area contributed by atoms with Gasteiger partial charge in [-0.15, -0.1) is 5.10 Å². The van der Waals surface area contributed by atoms with Crippen LogP contribution in [-0.2, 0) is 16.1 Å². The van der Waals surface area contributed by atoms with E-state index in [1.54, 1.807) is 23.2 Å². The Bertz CT molecular complexity index is 797. The largest absolute Gasteiger partial charge is 0.348 e. The van der Waals surface area contributed by atoms with Gasteiger partial charge < -0.3 is 15.5 Å². The molecule has 3 heterocycles. The quantitative estimate of drug-likeness (QED) is 0.725. The number of nitrogens with one attached hydrogen (secondary N) is 2. The molecular weight excluding hydrogens is 386 g/mol. The molecule has 0 atom stereocenters. The Morgan fingerprint density at radius 3 is 2.59 bits per heavy atom. The minimum absolute atomic E-state index is 0.0298. The molecule has 0 bridgehead atoms. The lowest BCUT2D eigenvalue weighted by atomic mass is 9.96. The highest BCUT2D eigenvalue weighted by Crippen LogP contribution is 2.20. The fourth-order valence-electron chi connectivity index (χ4n) is 2.88. The second kappa shape index (κ2) is 9.05. The molecule has 27 heavy (non-hydrogen) atoms. The topological polar surface area (TPSA) is 104 Å². The maximum atomic E-state index is 12.4. The molecule has 3 amide bonds. The standard InChI is InChI=1S/C17H21N5O3S2/c1-11-14(27-21-20-11)17(25)22-5-2-12(3-6-22)8-18-15(23)16(24)19-9-13-4-7-26-10-13/h4,7,10,12H,2-3,5-6,8-9H2,1H3,(H,18,23)(H,19,24). The van der Waals surface area contributed by atoms with Crippen LogP contribution in [0.15, 0.2) is 16.8 Å². The van der Waals surface area contributed by atoms with Crippen LogP contribution in [0, 0.1) is 12.8 Å². The first-order chi connectivity index (χ1) is 13.0. The van der Waals surface area contributed by atoms with Gasteiger partial charge in [-0.1, -0.05) is 4.49 Å². The van der Waals surface area contributed by atoms with Crippen LogP contribution in [0.25, 0.3) is 0 Å². The Hall–Kier alpha value is -2.33. The van der Waals surface area contributed by atoms with E-state index in [-0.39, 0.29) is 11.8 Å². The summed E-state index contributed by atoms with van der Waals surface area (Å²) in [6.07, 6.45) is 1.57. The summed E-state index contributed by atoms with van der Waals surface area (Å²) in [6, 6.07) is 1.90. The molecule has 144 valence electrons. The molecule has 1 saturated heterocycles. The first-order valence-corrected chi connectivity index (χ1v) is 10.4. The van der Waals surface area contributed by atoms with E-state index in [0.29, 0.717) is 36.8 Å². The fraction of sp³-hybridized carbons (Fsp3) is 0.471. The molecule has 1 fully saturated rings. The third kappa shape index (κ3) is 5.10. The highest BCUT2D eigenvalue weighted by Gasteiger charge is 2.26. The Morgan fingerprint density at radius 2 is 1.96 bits per heavy atom. The van der Waals surface area contributed by atoms with E-state index in [1.807, 2.05) is 16.8 Å². The molecular formula is C17H21N5O3S2. The van der Waals surface area contributed by atoms with Crippen molar-refractivity contribution in [3.8, 4) is 0 Å². The first kappa shape index (κ1) is 19.4. The van der Waals surface area contributed by atoms with Gasteiger partial charge in [-0.25, -0.2) is 0 Å². The molecule has 0 aromatic carbocycles. The van der Waals surface area contributed by atoms with Crippen molar-refractivity contribution in [3.05, 3.63) is 33.0 Å². The minimum Gasteiger partial charge on any atom is -0.348 e. The Labute approximate surface area is 165 Å². The molecule has 10 heteroatoms. The van der Waals surface area contributed by atoms with Gasteiger partial charge in [0.05, 0.1) is 5.69 Å². The molecule has 1 aliphatic heterocycles. The third-order valence-corrected chi connectivity index (χ3v) is 6.09. The number of aromatic nitrogens is 2. The summed E-state index contributed by atoms with van der Waals surface area (Å²) in [5, 5.41) is 13.0. The zero-order chi connectivity index (χ0) is 19.2. The van der Waals surface area contributed by atoms with Crippen molar-refractivity contribution in [2.45, 2.75) is 26.3 Å². The summed E-state index contributed by atoms with van der Waals surface area (Å²) in [5.74, 6) is -1.02. The van der Waals surface area contributed by atoms with E-state index in [2.05, 4.69) is 20.2 Å². The minimum atomic E-state index is -0.623. The Morgan fingerprint density at radius 1 is 1.22 bits per heavy atom. The zero-order valence-corrected chi connectivity index (χ0v) is 16.6. The van der Waals surface area contributed by atoms with Crippen LogP contribution >= 0.6 is 22.9 Å². The number of amides is 3. The van der Waals surface area contributed by atoms with E-state index in [9.17, 15) is 14.4 Å². The summed E-state index contributed by atoms with van der Waals surface area (Å²) in [7, 11) is 0. The number of likely N-dealkylation sites (tertiary alicyclic amines) is 1. The number of nitrogens with zero attached hydrogens (tertiary/aromatic N) is 3. The number of hydrogen-bond donors (Lipinski definition) is 2. The van der Waals surface area contributed by atoms with Crippen molar-refractivity contribution < 1.29 is 14.4 Å². The number of thiophene rings is 1. The second-order valence-corrected chi connectivity index (χ2v) is 7.98. The lowest BCUT2D eigenvalue weighted by Crippen LogP contribution is -2.44. The maximum absolute atomic E-state index is 12.4. The smallest absolute Gasteiger partial charge is 0.309 e. The van der Waals surface area contributed by atoms with Gasteiger partial charge in [0.2, 0.25) is 0 Å². The number of rotatable bonds is 5. The van der Waals surface area contributed by atoms with E-state index < -0.39 is 11.8 Å². The van der Waals surface area contributed by atoms with Crippen molar-refractivity contribution in [1.29, 1.82) is 0 Å². The average molecular weight is 408 g/mol. The third-order valence-electron chi connectivity index (χ3n) is 4.54. The molecule has 2 aromatic rings. The average Bonchev–Trinajstić information content (AvgIpc) is 3.35. The van der Waals surface area contributed by atoms with Crippen LogP contribution in [0.2, 0.25) is 0 Å². The highest BCUT2D eigenvalue weighted by molar-refractivity contribution is 7.08. The summed E-state index contributed by atoms with van der Waals surface area (Å²) >= 11 is 2.66. The van der Waals surface area contributed by atoms with Crippen LogP contribution in [0.3, 0.4) is 0 Å². The van der Waals surface area contributed by atoms with E-state index in [0.717, 1.165) is 29.9 Å². The molecule has 3 rings (SSSR count). The number of carbonyl (C=O) groups excluding carboxylic acids is 3. The molecule has 2 N–H and O–H groups in total. The van der Waals surface area contributed by atoms with Crippen molar-refractivity contribution in [2.75, 3.05) is 19.6 Å². The van der Waals surface area contributed by atoms with Gasteiger partial charge in [-0.05, 0) is 59.6 Å². The SMILES string of the molecule is Cc1nnsc1C(=O)N1CCC(CNC(=O)C(=O)NCc2ccsc2)CC1. The summed E-state index contributed by atoms with van der Waals surface area (Å²) < 4.78 is 3.81. The van der Waals surface area contributed by atoms with Crippen molar-refractivity contribution in [1.82, 2.24) is 25.1 Å². The summed E-state index contributed by atoms with van der Waals surface area (Å²) in [5.41, 5.74) is 1.64. The molecule has 8 nitrogen and oxygen atoms in total. The van der Waals surface area contributed by atoms with Gasteiger partial charge in [0.1, 0.15) is 4.88 Å². The van der Waals surface area contributed by atoms with E-state index in [1.165, 1.54) is 0 Å². The number of hydrogen-bond acceptors (Lipinski definition) is 7. The van der Waals surface area contributed by atoms with Crippen molar-refractivity contribution in [3.63, 3.8) is 0 Å². The van der Waals surface area contributed by atoms with Gasteiger partial charge in [0.25, 0.3) is 5.91 Å². The molecule has 0 saturated carbocycles. The Kier molecular flexibility index (Phi) is 6.51. The lowest BCUT2D eigenvalue weighted by Gasteiger charge is -2.31. The lowest BCUT2D eigenvalue weighted by molar-refractivity contribution is -0.139. The van der Waals surface area contributed by atoms with Crippen LogP contribution in [-0.4, -0.2) is 51.8 Å². The van der Waals surface area contributed by atoms with Crippen LogP contribution in [0.5, 0.6) is 0 Å². The van der Waals surface area contributed by atoms with Gasteiger partial charge >= 0.3 is 11.8 Å². The molecule has 0 unspecified atom stereocenters. The first-order valence-electron chi connectivity index (χ1n) is 8.70. The van der Waals surface area contributed by atoms with Gasteiger partial charge in [0, 0.05) is 26.2 Å². The Balaban J connectivity index is 1.37. The number of piperidine rings is 1. The number of carbonyl (C=O) groups is 3. The van der Waals surface area contributed by atoms with Crippen LogP contribution in [0.1, 0.15) is 33.8 Å². The van der Waals surface area contributed by atoms with E-state index in [4.69, 9.17) is 0 Å². The van der Waals surface area contributed by atoms with Crippen LogP contribution in [0.4, 0.5) is 0 Å². The molecule has 0 radical (unpaired) electrons. The van der Waals surface area contributed by atoms with Gasteiger partial charge in [0.15, 0.2) is 0 Å². The van der Waals surface area contributed by atoms with Gasteiger partial charge in [-0.3, -0.25) is 14.4 Å². The second-order valence-electron chi connectivity index (χ2n) is 6.45. The zero-order valence-electron chi connectivity index (χ0n) is 14.9. The molecule has 1 aliphatic rings. The monoisotopic (exact) mass is 407 g/mol. The summed E-state index contributed by atoms with van der Waals surface area (Å²) in [4.78, 5) is 38.6. The highest BCUT2D eigenvalue weighted by atomic mass is 32.1. The predicted molar refractivity (Wildman–Crippen MR) is 102 cm³/mol. The summed E-state index contributed by atoms with van der Waals surface area (Å²) in [6.45, 7) is 3.82. The van der Waals surface area contributed by atoms with Crippen molar-refractivity contribution in [2.24, 2.45) is 5.92 Å². The van der Waals surface area contributed by atoms with Crippen LogP contribution < -0.4 is 10.6 Å².